The van der Waals surface area contributed by atoms with Crippen molar-refractivity contribution in [2.75, 3.05) is 11.8 Å². The minimum absolute atomic E-state index is 0.0488. The number of rotatable bonds is 4. The molecule has 0 bridgehead atoms. The molecular weight excluding hydrogens is 380 g/mol. The predicted octanol–water partition coefficient (Wildman–Crippen LogP) is 2.80. The van der Waals surface area contributed by atoms with E-state index in [-0.39, 0.29) is 9.77 Å². The number of ether oxygens (including phenoxy) is 1. The molecular formula is C12H11BrN2O4S2. The molecule has 0 aliphatic carbocycles. The van der Waals surface area contributed by atoms with Gasteiger partial charge < -0.3 is 4.74 Å². The van der Waals surface area contributed by atoms with E-state index < -0.39 is 16.0 Å². The van der Waals surface area contributed by atoms with Gasteiger partial charge in [-0.05, 0) is 39.9 Å². The van der Waals surface area contributed by atoms with Crippen molar-refractivity contribution < 1.29 is 17.9 Å². The van der Waals surface area contributed by atoms with Crippen LogP contribution in [0.3, 0.4) is 0 Å². The minimum atomic E-state index is -3.91. The third kappa shape index (κ3) is 3.25. The van der Waals surface area contributed by atoms with Crippen LogP contribution in [0.1, 0.15) is 15.2 Å². The average molecular weight is 391 g/mol. The van der Waals surface area contributed by atoms with Crippen molar-refractivity contribution in [3.05, 3.63) is 38.8 Å². The Kier molecular flexibility index (Phi) is 4.64. The molecule has 9 heteroatoms. The molecule has 0 aliphatic rings. The van der Waals surface area contributed by atoms with Crippen molar-refractivity contribution in [2.45, 2.75) is 11.8 Å². The first-order valence-electron chi connectivity index (χ1n) is 5.65. The molecule has 0 fully saturated rings. The zero-order chi connectivity index (χ0) is 15.6. The van der Waals surface area contributed by atoms with E-state index in [0.717, 1.165) is 11.3 Å². The van der Waals surface area contributed by atoms with Crippen LogP contribution < -0.4 is 4.72 Å². The maximum atomic E-state index is 12.5. The number of aromatic nitrogens is 1. The second-order valence-electron chi connectivity index (χ2n) is 4.03. The van der Waals surface area contributed by atoms with Crippen LogP contribution >= 0.6 is 27.3 Å². The number of halogens is 1. The van der Waals surface area contributed by atoms with Gasteiger partial charge in [0, 0.05) is 12.4 Å². The second-order valence-corrected chi connectivity index (χ2v) is 7.38. The lowest BCUT2D eigenvalue weighted by Gasteiger charge is -2.10. The number of thiophene rings is 1. The molecule has 0 aromatic carbocycles. The highest BCUT2D eigenvalue weighted by Crippen LogP contribution is 2.30. The second kappa shape index (κ2) is 6.12. The Balaban J connectivity index is 2.48. The predicted molar refractivity (Wildman–Crippen MR) is 83.1 cm³/mol. The smallest absolute Gasteiger partial charge is 0.349 e. The van der Waals surface area contributed by atoms with E-state index in [1.54, 1.807) is 12.3 Å². The zero-order valence-corrected chi connectivity index (χ0v) is 14.3. The molecule has 0 spiro atoms. The van der Waals surface area contributed by atoms with Crippen LogP contribution in [0.2, 0.25) is 0 Å². The third-order valence-corrected chi connectivity index (χ3v) is 5.97. The highest BCUT2D eigenvalue weighted by atomic mass is 79.9. The molecule has 2 aromatic rings. The molecule has 0 saturated heterocycles. The summed E-state index contributed by atoms with van der Waals surface area (Å²) in [5.74, 6) is -0.678. The number of nitrogens with zero attached hydrogens (tertiary/aromatic N) is 1. The van der Waals surface area contributed by atoms with Crippen molar-refractivity contribution in [2.24, 2.45) is 0 Å². The Labute approximate surface area is 134 Å². The van der Waals surface area contributed by atoms with E-state index in [1.165, 1.54) is 25.6 Å². The molecule has 0 unspecified atom stereocenters. The molecule has 2 aromatic heterocycles. The van der Waals surface area contributed by atoms with E-state index in [0.29, 0.717) is 15.7 Å². The van der Waals surface area contributed by atoms with Gasteiger partial charge in [0.05, 0.1) is 17.3 Å². The lowest BCUT2D eigenvalue weighted by atomic mass is 10.3. The minimum Gasteiger partial charge on any atom is -0.465 e. The molecule has 0 saturated carbocycles. The summed E-state index contributed by atoms with van der Waals surface area (Å²) in [5.41, 5.74) is 0.824. The maximum Gasteiger partial charge on any atom is 0.349 e. The van der Waals surface area contributed by atoms with Crippen molar-refractivity contribution in [3.63, 3.8) is 0 Å². The van der Waals surface area contributed by atoms with E-state index in [9.17, 15) is 13.2 Å². The Bertz CT molecular complexity index is 786. The van der Waals surface area contributed by atoms with Crippen LogP contribution in [0.5, 0.6) is 0 Å². The quantitative estimate of drug-likeness (QED) is 0.811. The number of aryl methyl sites for hydroxylation is 1. The molecule has 112 valence electrons. The molecule has 0 aliphatic heterocycles. The number of pyridine rings is 1. The largest absolute Gasteiger partial charge is 0.465 e. The van der Waals surface area contributed by atoms with E-state index >= 15 is 0 Å². The Morgan fingerprint density at radius 2 is 2.19 bits per heavy atom. The summed E-state index contributed by atoms with van der Waals surface area (Å²) in [4.78, 5) is 15.5. The van der Waals surface area contributed by atoms with E-state index in [2.05, 4.69) is 30.4 Å². The number of hydrogen-bond donors (Lipinski definition) is 1. The molecule has 21 heavy (non-hydrogen) atoms. The lowest BCUT2D eigenvalue weighted by Crippen LogP contribution is -2.17. The Morgan fingerprint density at radius 1 is 1.48 bits per heavy atom. The molecule has 0 amide bonds. The first kappa shape index (κ1) is 15.9. The van der Waals surface area contributed by atoms with Gasteiger partial charge in [-0.2, -0.15) is 0 Å². The van der Waals surface area contributed by atoms with Gasteiger partial charge in [0.2, 0.25) is 0 Å². The molecule has 6 nitrogen and oxygen atoms in total. The van der Waals surface area contributed by atoms with Gasteiger partial charge in [0.15, 0.2) is 0 Å². The van der Waals surface area contributed by atoms with E-state index in [1.807, 2.05) is 0 Å². The fourth-order valence-corrected chi connectivity index (χ4v) is 4.92. The number of carbonyl (C=O) groups is 1. The maximum absolute atomic E-state index is 12.5. The number of carbonyl (C=O) groups excluding carboxylic acids is 1. The zero-order valence-electron chi connectivity index (χ0n) is 11.1. The summed E-state index contributed by atoms with van der Waals surface area (Å²) < 4.78 is 32.6. The third-order valence-electron chi connectivity index (χ3n) is 2.57. The van der Waals surface area contributed by atoms with Crippen LogP contribution in [0.15, 0.2) is 33.2 Å². The van der Waals surface area contributed by atoms with Crippen LogP contribution in [-0.4, -0.2) is 26.5 Å². The van der Waals surface area contributed by atoms with Crippen molar-refractivity contribution in [1.29, 1.82) is 0 Å². The SMILES string of the molecule is COC(=O)c1scc(C)c1S(=O)(=O)Nc1ccncc1Br. The van der Waals surface area contributed by atoms with Crippen molar-refractivity contribution >= 4 is 48.9 Å². The van der Waals surface area contributed by atoms with Gasteiger partial charge in [0.25, 0.3) is 10.0 Å². The standard InChI is InChI=1S/C12H11BrN2O4S2/c1-7-6-20-10(12(16)19-2)11(7)21(17,18)15-9-3-4-14-5-8(9)13/h3-6H,1-2H3,(H,14,15). The number of hydrogen-bond acceptors (Lipinski definition) is 6. The fourth-order valence-electron chi connectivity index (χ4n) is 1.65. The fraction of sp³-hybridized carbons (Fsp3) is 0.167. The number of sulfonamides is 1. The number of esters is 1. The lowest BCUT2D eigenvalue weighted by molar-refractivity contribution is 0.0602. The molecule has 1 N–H and O–H groups in total. The van der Waals surface area contributed by atoms with Gasteiger partial charge in [0.1, 0.15) is 9.77 Å². The Morgan fingerprint density at radius 3 is 2.81 bits per heavy atom. The molecule has 2 rings (SSSR count). The number of anilines is 1. The first-order valence-corrected chi connectivity index (χ1v) is 8.81. The van der Waals surface area contributed by atoms with Crippen LogP contribution in [-0.2, 0) is 14.8 Å². The summed E-state index contributed by atoms with van der Waals surface area (Å²) in [6.07, 6.45) is 2.93. The van der Waals surface area contributed by atoms with Crippen LogP contribution in [0, 0.1) is 6.92 Å². The highest BCUT2D eigenvalue weighted by Gasteiger charge is 2.28. The molecule has 0 atom stereocenters. The number of nitrogens with one attached hydrogen (secondary N) is 1. The summed E-state index contributed by atoms with van der Waals surface area (Å²) in [7, 11) is -2.70. The highest BCUT2D eigenvalue weighted by molar-refractivity contribution is 9.10. The Hall–Kier alpha value is -1.45. The number of methoxy groups -OCH3 is 1. The summed E-state index contributed by atoms with van der Waals surface area (Å²) in [6.45, 7) is 1.62. The van der Waals surface area contributed by atoms with Crippen LogP contribution in [0.4, 0.5) is 5.69 Å². The summed E-state index contributed by atoms with van der Waals surface area (Å²) in [5, 5.41) is 1.60. The van der Waals surface area contributed by atoms with Gasteiger partial charge >= 0.3 is 5.97 Å². The van der Waals surface area contributed by atoms with Crippen LogP contribution in [0.25, 0.3) is 0 Å². The monoisotopic (exact) mass is 390 g/mol. The molecule has 2 heterocycles. The van der Waals surface area contributed by atoms with Gasteiger partial charge in [-0.15, -0.1) is 11.3 Å². The molecule has 0 radical (unpaired) electrons. The van der Waals surface area contributed by atoms with Gasteiger partial charge in [-0.3, -0.25) is 9.71 Å². The summed E-state index contributed by atoms with van der Waals surface area (Å²) >= 11 is 4.25. The summed E-state index contributed by atoms with van der Waals surface area (Å²) in [6, 6.07) is 1.52. The average Bonchev–Trinajstić information content (AvgIpc) is 2.83. The van der Waals surface area contributed by atoms with E-state index in [4.69, 9.17) is 0 Å². The van der Waals surface area contributed by atoms with Crippen molar-refractivity contribution in [1.82, 2.24) is 4.98 Å². The first-order chi connectivity index (χ1) is 9.86. The normalized spacial score (nSPS) is 11.2. The topological polar surface area (TPSA) is 85.4 Å². The van der Waals surface area contributed by atoms with Gasteiger partial charge in [-0.25, -0.2) is 13.2 Å². The van der Waals surface area contributed by atoms with Gasteiger partial charge in [-0.1, -0.05) is 0 Å². The van der Waals surface area contributed by atoms with Crippen molar-refractivity contribution in [3.8, 4) is 0 Å².